The van der Waals surface area contributed by atoms with E-state index in [-0.39, 0.29) is 5.91 Å². The standard InChI is InChI=1S/C17H19N5O/c23-17(13-3-4-15-16(9-13)19-11-18-15)22-7-1-2-12(10-22)8-14-5-6-20-21-14/h3-6,9,11-12H,1-2,7-8,10H2,(H,18,19)(H,20,21)/t12-/m1/s1. The second-order valence-corrected chi connectivity index (χ2v) is 6.18. The Morgan fingerprint density at radius 3 is 3.17 bits per heavy atom. The Hall–Kier alpha value is -2.63. The van der Waals surface area contributed by atoms with Gasteiger partial charge in [-0.2, -0.15) is 5.10 Å². The van der Waals surface area contributed by atoms with E-state index in [1.165, 1.54) is 0 Å². The van der Waals surface area contributed by atoms with Crippen LogP contribution in [-0.4, -0.2) is 44.1 Å². The molecule has 6 nitrogen and oxygen atoms in total. The highest BCUT2D eigenvalue weighted by Gasteiger charge is 2.25. The minimum atomic E-state index is 0.107. The van der Waals surface area contributed by atoms with Gasteiger partial charge in [0.05, 0.1) is 17.4 Å². The molecule has 118 valence electrons. The zero-order valence-electron chi connectivity index (χ0n) is 12.8. The molecule has 1 aliphatic heterocycles. The monoisotopic (exact) mass is 309 g/mol. The molecule has 3 aromatic rings. The van der Waals surface area contributed by atoms with Gasteiger partial charge in [-0.15, -0.1) is 0 Å². The van der Waals surface area contributed by atoms with Crippen molar-refractivity contribution in [2.75, 3.05) is 13.1 Å². The summed E-state index contributed by atoms with van der Waals surface area (Å²) in [6.07, 6.45) is 6.59. The average Bonchev–Trinajstić information content (AvgIpc) is 3.25. The smallest absolute Gasteiger partial charge is 0.253 e. The van der Waals surface area contributed by atoms with E-state index in [9.17, 15) is 4.79 Å². The molecular weight excluding hydrogens is 290 g/mol. The van der Waals surface area contributed by atoms with Crippen LogP contribution in [0.3, 0.4) is 0 Å². The van der Waals surface area contributed by atoms with E-state index in [1.54, 1.807) is 12.5 Å². The number of hydrogen-bond donors (Lipinski definition) is 2. The number of aromatic nitrogens is 4. The molecule has 1 aliphatic rings. The van der Waals surface area contributed by atoms with Crippen molar-refractivity contribution in [3.05, 3.63) is 48.0 Å². The SMILES string of the molecule is O=C(c1ccc2nc[nH]c2c1)N1CCC[C@H](Cc2ccn[nH]2)C1. The molecule has 1 aromatic carbocycles. The third kappa shape index (κ3) is 2.84. The number of amides is 1. The number of rotatable bonds is 3. The second kappa shape index (κ2) is 5.87. The molecule has 0 aliphatic carbocycles. The van der Waals surface area contributed by atoms with E-state index in [4.69, 9.17) is 0 Å². The summed E-state index contributed by atoms with van der Waals surface area (Å²) < 4.78 is 0. The molecule has 0 bridgehead atoms. The van der Waals surface area contributed by atoms with Gasteiger partial charge in [-0.05, 0) is 49.4 Å². The molecule has 0 unspecified atom stereocenters. The van der Waals surface area contributed by atoms with Crippen molar-refractivity contribution in [2.45, 2.75) is 19.3 Å². The fraction of sp³-hybridized carbons (Fsp3) is 0.353. The Balaban J connectivity index is 1.48. The van der Waals surface area contributed by atoms with Crippen LogP contribution in [0.15, 0.2) is 36.8 Å². The number of nitrogens with one attached hydrogen (secondary N) is 2. The molecule has 3 heterocycles. The normalized spacial score (nSPS) is 18.4. The predicted octanol–water partition coefficient (Wildman–Crippen LogP) is 2.38. The van der Waals surface area contributed by atoms with Gasteiger partial charge in [0.1, 0.15) is 0 Å². The highest BCUT2D eigenvalue weighted by Crippen LogP contribution is 2.22. The maximum atomic E-state index is 12.8. The molecule has 0 spiro atoms. The molecule has 6 heteroatoms. The Labute approximate surface area is 133 Å². The van der Waals surface area contributed by atoms with Crippen LogP contribution in [0.25, 0.3) is 11.0 Å². The highest BCUT2D eigenvalue weighted by atomic mass is 16.2. The number of fused-ring (bicyclic) bond motifs is 1. The zero-order valence-corrected chi connectivity index (χ0v) is 12.8. The number of carbonyl (C=O) groups is 1. The summed E-state index contributed by atoms with van der Waals surface area (Å²) in [5.41, 5.74) is 3.66. The number of aromatic amines is 2. The Bertz CT molecular complexity index is 807. The third-order valence-corrected chi connectivity index (χ3v) is 4.54. The van der Waals surface area contributed by atoms with Crippen LogP contribution in [0.4, 0.5) is 0 Å². The van der Waals surface area contributed by atoms with Crippen molar-refractivity contribution in [3.8, 4) is 0 Å². The van der Waals surface area contributed by atoms with E-state index in [1.807, 2.05) is 29.2 Å². The van der Waals surface area contributed by atoms with Crippen molar-refractivity contribution < 1.29 is 4.79 Å². The van der Waals surface area contributed by atoms with Gasteiger partial charge in [-0.1, -0.05) is 0 Å². The Morgan fingerprint density at radius 1 is 1.35 bits per heavy atom. The average molecular weight is 309 g/mol. The number of likely N-dealkylation sites (tertiary alicyclic amines) is 1. The maximum absolute atomic E-state index is 12.8. The zero-order chi connectivity index (χ0) is 15.6. The number of imidazole rings is 1. The molecule has 2 aromatic heterocycles. The van der Waals surface area contributed by atoms with Crippen LogP contribution in [0, 0.1) is 5.92 Å². The molecule has 23 heavy (non-hydrogen) atoms. The summed E-state index contributed by atoms with van der Waals surface area (Å²) in [4.78, 5) is 22.0. The van der Waals surface area contributed by atoms with Crippen molar-refractivity contribution >= 4 is 16.9 Å². The fourth-order valence-corrected chi connectivity index (χ4v) is 3.38. The quantitative estimate of drug-likeness (QED) is 0.780. The summed E-state index contributed by atoms with van der Waals surface area (Å²) in [7, 11) is 0. The van der Waals surface area contributed by atoms with Crippen LogP contribution < -0.4 is 0 Å². The van der Waals surface area contributed by atoms with E-state index in [2.05, 4.69) is 20.2 Å². The summed E-state index contributed by atoms with van der Waals surface area (Å²) in [6, 6.07) is 7.66. The van der Waals surface area contributed by atoms with E-state index < -0.39 is 0 Å². The lowest BCUT2D eigenvalue weighted by atomic mass is 9.93. The lowest BCUT2D eigenvalue weighted by molar-refractivity contribution is 0.0673. The van der Waals surface area contributed by atoms with Crippen molar-refractivity contribution in [1.82, 2.24) is 25.1 Å². The van der Waals surface area contributed by atoms with Crippen LogP contribution >= 0.6 is 0 Å². The first-order valence-electron chi connectivity index (χ1n) is 8.00. The number of nitrogens with zero attached hydrogens (tertiary/aromatic N) is 3. The van der Waals surface area contributed by atoms with Gasteiger partial charge in [0.25, 0.3) is 5.91 Å². The number of piperidine rings is 1. The first-order chi connectivity index (χ1) is 11.3. The summed E-state index contributed by atoms with van der Waals surface area (Å²) in [5.74, 6) is 0.597. The van der Waals surface area contributed by atoms with E-state index >= 15 is 0 Å². The third-order valence-electron chi connectivity index (χ3n) is 4.54. The highest BCUT2D eigenvalue weighted by molar-refractivity contribution is 5.97. The number of hydrogen-bond acceptors (Lipinski definition) is 3. The summed E-state index contributed by atoms with van der Waals surface area (Å²) >= 11 is 0. The molecule has 0 radical (unpaired) electrons. The second-order valence-electron chi connectivity index (χ2n) is 6.18. The first kappa shape index (κ1) is 14.0. The van der Waals surface area contributed by atoms with Crippen LogP contribution in [0.5, 0.6) is 0 Å². The lowest BCUT2D eigenvalue weighted by Crippen LogP contribution is -2.40. The minimum Gasteiger partial charge on any atom is -0.345 e. The van der Waals surface area contributed by atoms with Gasteiger partial charge < -0.3 is 9.88 Å². The van der Waals surface area contributed by atoms with Gasteiger partial charge in [0.2, 0.25) is 0 Å². The van der Waals surface area contributed by atoms with E-state index in [0.29, 0.717) is 5.92 Å². The van der Waals surface area contributed by atoms with Crippen LogP contribution in [-0.2, 0) is 6.42 Å². The van der Waals surface area contributed by atoms with Gasteiger partial charge in [0, 0.05) is 30.5 Å². The summed E-state index contributed by atoms with van der Waals surface area (Å²) in [5, 5.41) is 7.01. The fourth-order valence-electron chi connectivity index (χ4n) is 3.38. The Kier molecular flexibility index (Phi) is 3.57. The molecule has 1 amide bonds. The van der Waals surface area contributed by atoms with Crippen molar-refractivity contribution in [2.24, 2.45) is 5.92 Å². The van der Waals surface area contributed by atoms with Gasteiger partial charge in [-0.3, -0.25) is 9.89 Å². The van der Waals surface area contributed by atoms with Gasteiger partial charge >= 0.3 is 0 Å². The topological polar surface area (TPSA) is 77.7 Å². The van der Waals surface area contributed by atoms with Gasteiger partial charge in [0.15, 0.2) is 0 Å². The van der Waals surface area contributed by atoms with Crippen molar-refractivity contribution in [3.63, 3.8) is 0 Å². The molecule has 1 atom stereocenters. The predicted molar refractivity (Wildman–Crippen MR) is 87.0 cm³/mol. The number of benzene rings is 1. The molecule has 4 rings (SSSR count). The number of carbonyl (C=O) groups excluding carboxylic acids is 1. The minimum absolute atomic E-state index is 0.107. The molecule has 1 fully saturated rings. The number of H-pyrrole nitrogens is 2. The van der Waals surface area contributed by atoms with Gasteiger partial charge in [-0.25, -0.2) is 4.98 Å². The maximum Gasteiger partial charge on any atom is 0.253 e. The molecule has 0 saturated carbocycles. The summed E-state index contributed by atoms with van der Waals surface area (Å²) in [6.45, 7) is 1.64. The molecule has 1 saturated heterocycles. The first-order valence-corrected chi connectivity index (χ1v) is 8.00. The molecular formula is C17H19N5O. The largest absolute Gasteiger partial charge is 0.345 e. The molecule has 2 N–H and O–H groups in total. The van der Waals surface area contributed by atoms with Crippen molar-refractivity contribution in [1.29, 1.82) is 0 Å². The van der Waals surface area contributed by atoms with E-state index in [0.717, 1.165) is 54.6 Å². The lowest BCUT2D eigenvalue weighted by Gasteiger charge is -2.32. The Morgan fingerprint density at radius 2 is 2.30 bits per heavy atom. The van der Waals surface area contributed by atoms with Crippen LogP contribution in [0.1, 0.15) is 28.9 Å². The van der Waals surface area contributed by atoms with Crippen LogP contribution in [0.2, 0.25) is 0 Å².